The number of amides is 1. The normalized spacial score (nSPS) is 11.2. The van der Waals surface area contributed by atoms with Crippen LogP contribution in [-0.4, -0.2) is 51.5 Å². The molecule has 0 aromatic carbocycles. The molecule has 0 radical (unpaired) electrons. The fourth-order valence-corrected chi connectivity index (χ4v) is 2.56. The third-order valence-corrected chi connectivity index (χ3v) is 4.01. The Morgan fingerprint density at radius 1 is 1.33 bits per heavy atom. The summed E-state index contributed by atoms with van der Waals surface area (Å²) in [5.41, 5.74) is 0.284. The van der Waals surface area contributed by atoms with E-state index in [4.69, 9.17) is 0 Å². The summed E-state index contributed by atoms with van der Waals surface area (Å²) in [6.07, 6.45) is 2.37. The van der Waals surface area contributed by atoms with E-state index in [1.54, 1.807) is 18.3 Å². The molecule has 0 bridgehead atoms. The van der Waals surface area contributed by atoms with Crippen LogP contribution in [0.15, 0.2) is 23.1 Å². The summed E-state index contributed by atoms with van der Waals surface area (Å²) >= 11 is 0. The van der Waals surface area contributed by atoms with Gasteiger partial charge in [0.2, 0.25) is 5.88 Å². The summed E-state index contributed by atoms with van der Waals surface area (Å²) in [4.78, 5) is 30.9. The third-order valence-electron chi connectivity index (χ3n) is 4.01. The minimum Gasteiger partial charge on any atom is -0.493 e. The Labute approximate surface area is 140 Å². The topological polar surface area (TPSA) is 86.9 Å². The van der Waals surface area contributed by atoms with Gasteiger partial charge < -0.3 is 15.3 Å². The number of pyridine rings is 1. The molecule has 2 aromatic rings. The van der Waals surface area contributed by atoms with Crippen molar-refractivity contribution in [2.75, 3.05) is 26.2 Å². The number of nitrogens with one attached hydrogen (secondary N) is 1. The standard InChI is InChI=1S/C17H24N4O3/c1-4-20(5-2)10-6-9-18-15(22)14-16(23)19-13-8-7-12(3)11-21(13)17(14)24/h7-8,11,23H,4-6,9-10H2,1-3H3,(H,18,22). The molecule has 0 aliphatic rings. The monoisotopic (exact) mass is 332 g/mol. The Morgan fingerprint density at radius 3 is 2.71 bits per heavy atom. The van der Waals surface area contributed by atoms with Gasteiger partial charge in [-0.2, -0.15) is 4.98 Å². The fourth-order valence-electron chi connectivity index (χ4n) is 2.56. The Morgan fingerprint density at radius 2 is 2.04 bits per heavy atom. The van der Waals surface area contributed by atoms with Gasteiger partial charge in [0.25, 0.3) is 11.5 Å². The lowest BCUT2D eigenvalue weighted by Crippen LogP contribution is -2.34. The SMILES string of the molecule is CCN(CC)CCCNC(=O)c1c(O)nc2ccc(C)cn2c1=O. The van der Waals surface area contributed by atoms with Crippen molar-refractivity contribution < 1.29 is 9.90 Å². The van der Waals surface area contributed by atoms with Gasteiger partial charge in [0.1, 0.15) is 5.65 Å². The predicted octanol–water partition coefficient (Wildman–Crippen LogP) is 1.17. The quantitative estimate of drug-likeness (QED) is 0.743. The molecule has 2 heterocycles. The maximum absolute atomic E-state index is 12.5. The molecule has 0 saturated heterocycles. The van der Waals surface area contributed by atoms with Gasteiger partial charge in [-0.1, -0.05) is 19.9 Å². The van der Waals surface area contributed by atoms with Crippen LogP contribution in [0.4, 0.5) is 0 Å². The molecular weight excluding hydrogens is 308 g/mol. The lowest BCUT2D eigenvalue weighted by atomic mass is 10.2. The van der Waals surface area contributed by atoms with E-state index in [2.05, 4.69) is 29.0 Å². The van der Waals surface area contributed by atoms with Crippen molar-refractivity contribution in [3.8, 4) is 5.88 Å². The highest BCUT2D eigenvalue weighted by molar-refractivity contribution is 5.96. The molecule has 0 unspecified atom stereocenters. The molecule has 7 nitrogen and oxygen atoms in total. The van der Waals surface area contributed by atoms with Crippen molar-refractivity contribution in [3.05, 3.63) is 39.8 Å². The smallest absolute Gasteiger partial charge is 0.274 e. The van der Waals surface area contributed by atoms with Gasteiger partial charge in [0, 0.05) is 12.7 Å². The number of carbonyl (C=O) groups is 1. The first-order chi connectivity index (χ1) is 11.5. The highest BCUT2D eigenvalue weighted by atomic mass is 16.3. The second-order valence-corrected chi connectivity index (χ2v) is 5.69. The maximum Gasteiger partial charge on any atom is 0.274 e. The molecule has 0 atom stereocenters. The van der Waals surface area contributed by atoms with Crippen LogP contribution >= 0.6 is 0 Å². The zero-order chi connectivity index (χ0) is 17.7. The molecule has 2 rings (SSSR count). The van der Waals surface area contributed by atoms with Crippen LogP contribution < -0.4 is 10.9 Å². The first-order valence-corrected chi connectivity index (χ1v) is 8.20. The van der Waals surface area contributed by atoms with E-state index >= 15 is 0 Å². The van der Waals surface area contributed by atoms with Gasteiger partial charge in [0.15, 0.2) is 5.56 Å². The van der Waals surface area contributed by atoms with E-state index in [0.29, 0.717) is 12.2 Å². The Bertz CT molecular complexity index is 781. The molecule has 2 aromatic heterocycles. The number of fused-ring (bicyclic) bond motifs is 1. The number of aromatic hydroxyl groups is 1. The summed E-state index contributed by atoms with van der Waals surface area (Å²) in [6.45, 7) is 9.23. The lowest BCUT2D eigenvalue weighted by Gasteiger charge is -2.17. The molecule has 0 spiro atoms. The third kappa shape index (κ3) is 3.91. The molecule has 0 fully saturated rings. The minimum atomic E-state index is -0.597. The molecular formula is C17H24N4O3. The van der Waals surface area contributed by atoms with E-state index in [0.717, 1.165) is 31.6 Å². The van der Waals surface area contributed by atoms with Gasteiger partial charge >= 0.3 is 0 Å². The van der Waals surface area contributed by atoms with Crippen molar-refractivity contribution >= 4 is 11.6 Å². The largest absolute Gasteiger partial charge is 0.493 e. The van der Waals surface area contributed by atoms with Crippen molar-refractivity contribution in [2.24, 2.45) is 0 Å². The summed E-state index contributed by atoms with van der Waals surface area (Å²) in [6, 6.07) is 3.41. The Kier molecular flexibility index (Phi) is 5.92. The highest BCUT2D eigenvalue weighted by Crippen LogP contribution is 2.11. The highest BCUT2D eigenvalue weighted by Gasteiger charge is 2.19. The van der Waals surface area contributed by atoms with E-state index in [9.17, 15) is 14.7 Å². The molecule has 1 amide bonds. The van der Waals surface area contributed by atoms with E-state index in [1.807, 2.05) is 6.92 Å². The summed E-state index contributed by atoms with van der Waals surface area (Å²) < 4.78 is 1.28. The van der Waals surface area contributed by atoms with Crippen molar-refractivity contribution in [1.82, 2.24) is 19.6 Å². The molecule has 2 N–H and O–H groups in total. The summed E-state index contributed by atoms with van der Waals surface area (Å²) in [7, 11) is 0. The molecule has 0 aliphatic heterocycles. The second kappa shape index (κ2) is 7.92. The van der Waals surface area contributed by atoms with Crippen LogP contribution in [-0.2, 0) is 0 Å². The number of aryl methyl sites for hydroxylation is 1. The zero-order valence-electron chi connectivity index (χ0n) is 14.4. The number of hydrogen-bond acceptors (Lipinski definition) is 5. The minimum absolute atomic E-state index is 0.307. The Balaban J connectivity index is 2.13. The van der Waals surface area contributed by atoms with Gasteiger partial charge in [-0.05, 0) is 44.6 Å². The van der Waals surface area contributed by atoms with Crippen LogP contribution in [0.2, 0.25) is 0 Å². The van der Waals surface area contributed by atoms with Crippen LogP contribution in [0.3, 0.4) is 0 Å². The molecule has 0 aliphatic carbocycles. The van der Waals surface area contributed by atoms with Gasteiger partial charge in [0.05, 0.1) is 0 Å². The molecule has 0 saturated carbocycles. The summed E-state index contributed by atoms with van der Waals surface area (Å²) in [5.74, 6) is -1.13. The maximum atomic E-state index is 12.5. The predicted molar refractivity (Wildman–Crippen MR) is 92.6 cm³/mol. The van der Waals surface area contributed by atoms with E-state index in [1.165, 1.54) is 4.40 Å². The number of rotatable bonds is 7. The first kappa shape index (κ1) is 17.9. The Hall–Kier alpha value is -2.41. The molecule has 130 valence electrons. The van der Waals surface area contributed by atoms with Crippen molar-refractivity contribution in [2.45, 2.75) is 27.2 Å². The number of hydrogen-bond donors (Lipinski definition) is 2. The zero-order valence-corrected chi connectivity index (χ0v) is 14.4. The van der Waals surface area contributed by atoms with Crippen molar-refractivity contribution in [1.29, 1.82) is 0 Å². The van der Waals surface area contributed by atoms with Gasteiger partial charge in [-0.3, -0.25) is 14.0 Å². The molecule has 24 heavy (non-hydrogen) atoms. The summed E-state index contributed by atoms with van der Waals surface area (Å²) in [5, 5.41) is 12.6. The van der Waals surface area contributed by atoms with E-state index in [-0.39, 0.29) is 5.56 Å². The average Bonchev–Trinajstić information content (AvgIpc) is 2.56. The first-order valence-electron chi connectivity index (χ1n) is 8.20. The van der Waals surface area contributed by atoms with Crippen LogP contribution in [0.5, 0.6) is 5.88 Å². The number of nitrogens with zero attached hydrogens (tertiary/aromatic N) is 3. The van der Waals surface area contributed by atoms with Gasteiger partial charge in [-0.25, -0.2) is 0 Å². The number of carbonyl (C=O) groups excluding carboxylic acids is 1. The molecule has 7 heteroatoms. The lowest BCUT2D eigenvalue weighted by molar-refractivity contribution is 0.0946. The average molecular weight is 332 g/mol. The van der Waals surface area contributed by atoms with Crippen molar-refractivity contribution in [3.63, 3.8) is 0 Å². The van der Waals surface area contributed by atoms with Crippen LogP contribution in [0.25, 0.3) is 5.65 Å². The number of aromatic nitrogens is 2. The van der Waals surface area contributed by atoms with Crippen LogP contribution in [0, 0.1) is 6.92 Å². The van der Waals surface area contributed by atoms with E-state index < -0.39 is 17.3 Å². The fraction of sp³-hybridized carbons (Fsp3) is 0.471. The van der Waals surface area contributed by atoms with Gasteiger partial charge in [-0.15, -0.1) is 0 Å². The van der Waals surface area contributed by atoms with Crippen LogP contribution in [0.1, 0.15) is 36.2 Å². The second-order valence-electron chi connectivity index (χ2n) is 5.69.